The number of anilines is 1. The lowest BCUT2D eigenvalue weighted by Crippen LogP contribution is -2.54. The van der Waals surface area contributed by atoms with Crippen molar-refractivity contribution >= 4 is 69.3 Å². The van der Waals surface area contributed by atoms with Gasteiger partial charge in [-0.05, 0) is 71.0 Å². The minimum atomic E-state index is -1.15. The Bertz CT molecular complexity index is 1650. The summed E-state index contributed by atoms with van der Waals surface area (Å²) in [4.78, 5) is 39.1. The molecule has 38 heavy (non-hydrogen) atoms. The monoisotopic (exact) mass is 542 g/mol. The van der Waals surface area contributed by atoms with Crippen molar-refractivity contribution in [3.05, 3.63) is 112 Å². The first-order chi connectivity index (χ1) is 18.3. The van der Waals surface area contributed by atoms with Crippen molar-refractivity contribution in [2.45, 2.75) is 6.61 Å². The van der Waals surface area contributed by atoms with Gasteiger partial charge in [-0.15, -0.1) is 0 Å². The molecule has 4 aromatic rings. The number of halogens is 1. The average Bonchev–Trinajstić information content (AvgIpc) is 2.91. The fraction of sp³-hybridized carbons (Fsp3) is 0.0345. The van der Waals surface area contributed by atoms with Crippen LogP contribution in [0.3, 0.4) is 0 Å². The molecular formula is C29H19ClN2O5S. The first-order valence-corrected chi connectivity index (χ1v) is 12.2. The van der Waals surface area contributed by atoms with E-state index in [2.05, 4.69) is 5.32 Å². The standard InChI is InChI=1S/C29H19ClN2O5S/c30-20-11-8-17(9-12-20)16-37-25-13-10-18-4-1-2-7-22(18)23(25)15-24-26(33)31-29(38)32(27(24)34)21-6-3-5-19(14-21)28(35)36/h1-15H,16H2,(H,35,36)(H,31,33,38). The van der Waals surface area contributed by atoms with Gasteiger partial charge in [0.1, 0.15) is 17.9 Å². The highest BCUT2D eigenvalue weighted by molar-refractivity contribution is 7.80. The van der Waals surface area contributed by atoms with Crippen LogP contribution < -0.4 is 15.0 Å². The van der Waals surface area contributed by atoms with Crippen LogP contribution in [0.1, 0.15) is 21.5 Å². The third kappa shape index (κ3) is 5.00. The Morgan fingerprint density at radius 3 is 2.53 bits per heavy atom. The fourth-order valence-electron chi connectivity index (χ4n) is 4.11. The summed E-state index contributed by atoms with van der Waals surface area (Å²) in [6.45, 7) is 0.240. The molecule has 1 aliphatic heterocycles. The Hall–Kier alpha value is -4.53. The molecule has 0 atom stereocenters. The molecule has 1 heterocycles. The molecule has 188 valence electrons. The van der Waals surface area contributed by atoms with Crippen LogP contribution in [0.2, 0.25) is 5.02 Å². The minimum absolute atomic E-state index is 0.0209. The minimum Gasteiger partial charge on any atom is -0.488 e. The van der Waals surface area contributed by atoms with E-state index in [0.717, 1.165) is 21.2 Å². The number of ether oxygens (including phenoxy) is 1. The summed E-state index contributed by atoms with van der Waals surface area (Å²) in [5.41, 5.74) is 1.47. The van der Waals surface area contributed by atoms with Crippen LogP contribution in [0.15, 0.2) is 90.5 Å². The second kappa shape index (κ2) is 10.5. The lowest BCUT2D eigenvalue weighted by molar-refractivity contribution is -0.122. The summed E-state index contributed by atoms with van der Waals surface area (Å²) < 4.78 is 6.12. The summed E-state index contributed by atoms with van der Waals surface area (Å²) in [5.74, 6) is -2.03. The van der Waals surface area contributed by atoms with Crippen LogP contribution in [-0.4, -0.2) is 28.0 Å². The molecule has 0 aromatic heterocycles. The van der Waals surface area contributed by atoms with Crippen molar-refractivity contribution < 1.29 is 24.2 Å². The molecule has 0 bridgehead atoms. The number of benzene rings is 4. The van der Waals surface area contributed by atoms with E-state index < -0.39 is 17.8 Å². The average molecular weight is 543 g/mol. The summed E-state index contributed by atoms with van der Waals surface area (Å²) in [6.07, 6.45) is 1.48. The van der Waals surface area contributed by atoms with E-state index in [1.165, 1.54) is 24.3 Å². The molecule has 7 nitrogen and oxygen atoms in total. The van der Waals surface area contributed by atoms with E-state index in [-0.39, 0.29) is 28.5 Å². The maximum Gasteiger partial charge on any atom is 0.335 e. The topological polar surface area (TPSA) is 95.9 Å². The van der Waals surface area contributed by atoms with Crippen molar-refractivity contribution in [2.24, 2.45) is 0 Å². The molecule has 0 saturated carbocycles. The predicted octanol–water partition coefficient (Wildman–Crippen LogP) is 5.60. The highest BCUT2D eigenvalue weighted by Gasteiger charge is 2.35. The van der Waals surface area contributed by atoms with E-state index >= 15 is 0 Å². The smallest absolute Gasteiger partial charge is 0.335 e. The molecule has 1 aliphatic rings. The lowest BCUT2D eigenvalue weighted by atomic mass is 9.99. The van der Waals surface area contributed by atoms with Gasteiger partial charge < -0.3 is 9.84 Å². The third-order valence-electron chi connectivity index (χ3n) is 5.98. The van der Waals surface area contributed by atoms with E-state index in [9.17, 15) is 19.5 Å². The maximum absolute atomic E-state index is 13.6. The summed E-state index contributed by atoms with van der Waals surface area (Å²) >= 11 is 11.2. The number of aromatic carboxylic acids is 1. The van der Waals surface area contributed by atoms with Gasteiger partial charge in [-0.25, -0.2) is 4.79 Å². The van der Waals surface area contributed by atoms with E-state index in [1.807, 2.05) is 42.5 Å². The first-order valence-electron chi connectivity index (χ1n) is 11.5. The highest BCUT2D eigenvalue weighted by atomic mass is 35.5. The maximum atomic E-state index is 13.6. The van der Waals surface area contributed by atoms with Crippen molar-refractivity contribution in [3.8, 4) is 5.75 Å². The highest BCUT2D eigenvalue weighted by Crippen LogP contribution is 2.32. The molecule has 4 aromatic carbocycles. The van der Waals surface area contributed by atoms with E-state index in [1.54, 1.807) is 24.3 Å². The van der Waals surface area contributed by atoms with Gasteiger partial charge in [0.2, 0.25) is 0 Å². The zero-order valence-corrected chi connectivity index (χ0v) is 21.3. The van der Waals surface area contributed by atoms with E-state index in [4.69, 9.17) is 28.6 Å². The van der Waals surface area contributed by atoms with Gasteiger partial charge in [-0.1, -0.05) is 60.1 Å². The molecule has 0 unspecified atom stereocenters. The number of nitrogens with one attached hydrogen (secondary N) is 1. The normalized spacial score (nSPS) is 14.6. The number of carbonyl (C=O) groups excluding carboxylic acids is 2. The van der Waals surface area contributed by atoms with Crippen molar-refractivity contribution in [2.75, 3.05) is 4.90 Å². The largest absolute Gasteiger partial charge is 0.488 e. The molecule has 1 saturated heterocycles. The predicted molar refractivity (Wildman–Crippen MR) is 149 cm³/mol. The zero-order valence-electron chi connectivity index (χ0n) is 19.7. The Balaban J connectivity index is 1.57. The molecule has 0 aliphatic carbocycles. The Kier molecular flexibility index (Phi) is 6.91. The number of rotatable bonds is 6. The lowest BCUT2D eigenvalue weighted by Gasteiger charge is -2.29. The van der Waals surface area contributed by atoms with Crippen LogP contribution in [0, 0.1) is 0 Å². The number of amides is 2. The number of carboxylic acids is 1. The van der Waals surface area contributed by atoms with Crippen molar-refractivity contribution in [1.29, 1.82) is 0 Å². The second-order valence-corrected chi connectivity index (χ2v) is 9.25. The number of carbonyl (C=O) groups is 3. The Morgan fingerprint density at radius 1 is 1.00 bits per heavy atom. The van der Waals surface area contributed by atoms with Gasteiger partial charge in [0, 0.05) is 10.6 Å². The summed E-state index contributed by atoms with van der Waals surface area (Å²) in [6, 6.07) is 24.2. The van der Waals surface area contributed by atoms with Crippen molar-refractivity contribution in [1.82, 2.24) is 5.32 Å². The number of fused-ring (bicyclic) bond motifs is 1. The quantitative estimate of drug-likeness (QED) is 0.187. The number of carboxylic acid groups (broad SMARTS) is 1. The number of nitrogens with zero attached hydrogens (tertiary/aromatic N) is 1. The van der Waals surface area contributed by atoms with Gasteiger partial charge in [-0.3, -0.25) is 19.8 Å². The molecule has 9 heteroatoms. The van der Waals surface area contributed by atoms with Crippen LogP contribution >= 0.6 is 23.8 Å². The number of hydrogen-bond donors (Lipinski definition) is 2. The van der Waals surface area contributed by atoms with Crippen LogP contribution in [0.5, 0.6) is 5.75 Å². The second-order valence-electron chi connectivity index (χ2n) is 8.43. The molecule has 0 radical (unpaired) electrons. The molecule has 2 N–H and O–H groups in total. The van der Waals surface area contributed by atoms with Gasteiger partial charge in [0.15, 0.2) is 5.11 Å². The third-order valence-corrected chi connectivity index (χ3v) is 6.52. The number of thiocarbonyl (C=S) groups is 1. The number of hydrogen-bond acceptors (Lipinski definition) is 5. The molecule has 5 rings (SSSR count). The zero-order chi connectivity index (χ0) is 26.8. The van der Waals surface area contributed by atoms with Gasteiger partial charge in [-0.2, -0.15) is 0 Å². The molecule has 1 fully saturated rings. The SMILES string of the molecule is O=C1NC(=S)N(c2cccc(C(=O)O)c2)C(=O)C1=Cc1c(OCc2ccc(Cl)cc2)ccc2ccccc12. The van der Waals surface area contributed by atoms with Crippen LogP contribution in [0.4, 0.5) is 5.69 Å². The van der Waals surface area contributed by atoms with Gasteiger partial charge >= 0.3 is 5.97 Å². The Morgan fingerprint density at radius 2 is 1.76 bits per heavy atom. The molecular weight excluding hydrogens is 524 g/mol. The molecule has 2 amide bonds. The summed E-state index contributed by atoms with van der Waals surface area (Å²) in [5, 5.41) is 14.0. The van der Waals surface area contributed by atoms with Crippen LogP contribution in [-0.2, 0) is 16.2 Å². The van der Waals surface area contributed by atoms with E-state index in [0.29, 0.717) is 16.3 Å². The fourth-order valence-corrected chi connectivity index (χ4v) is 4.51. The van der Waals surface area contributed by atoms with Gasteiger partial charge in [0.05, 0.1) is 11.3 Å². The van der Waals surface area contributed by atoms with Crippen molar-refractivity contribution in [3.63, 3.8) is 0 Å². The Labute approximate surface area is 227 Å². The summed E-state index contributed by atoms with van der Waals surface area (Å²) in [7, 11) is 0. The van der Waals surface area contributed by atoms with Gasteiger partial charge in [0.25, 0.3) is 11.8 Å². The van der Waals surface area contributed by atoms with Crippen LogP contribution in [0.25, 0.3) is 16.8 Å². The first kappa shape index (κ1) is 25.1. The molecule has 0 spiro atoms.